The number of halogens is 1. The summed E-state index contributed by atoms with van der Waals surface area (Å²) in [5.74, 6) is 0.818. The van der Waals surface area contributed by atoms with Crippen LogP contribution in [0.25, 0.3) is 0 Å². The molecule has 3 rings (SSSR count). The summed E-state index contributed by atoms with van der Waals surface area (Å²) >= 11 is 0. The van der Waals surface area contributed by atoms with Crippen molar-refractivity contribution in [3.63, 3.8) is 0 Å². The highest BCUT2D eigenvalue weighted by Gasteiger charge is 2.45. The highest BCUT2D eigenvalue weighted by atomic mass is 19.1. The van der Waals surface area contributed by atoms with E-state index in [-0.39, 0.29) is 11.2 Å². The van der Waals surface area contributed by atoms with E-state index in [1.807, 2.05) is 6.07 Å². The summed E-state index contributed by atoms with van der Waals surface area (Å²) in [4.78, 5) is 0. The van der Waals surface area contributed by atoms with Gasteiger partial charge in [0.2, 0.25) is 0 Å². The topological polar surface area (TPSA) is 21.3 Å². The van der Waals surface area contributed by atoms with Crippen LogP contribution in [0.2, 0.25) is 0 Å². The average molecular weight is 291 g/mol. The molecule has 0 bridgehead atoms. The van der Waals surface area contributed by atoms with Crippen molar-refractivity contribution in [2.45, 2.75) is 45.1 Å². The number of ether oxygens (including phenoxy) is 1. The lowest BCUT2D eigenvalue weighted by atomic mass is 9.61. The summed E-state index contributed by atoms with van der Waals surface area (Å²) in [6.45, 7) is 7.34. The molecule has 3 unspecified atom stereocenters. The second-order valence-corrected chi connectivity index (χ2v) is 7.03. The molecule has 2 nitrogen and oxygen atoms in total. The van der Waals surface area contributed by atoms with Crippen LogP contribution in [0, 0.1) is 17.2 Å². The minimum Gasteiger partial charge on any atom is -0.378 e. The van der Waals surface area contributed by atoms with Crippen LogP contribution in [-0.2, 0) is 4.74 Å². The maximum absolute atomic E-state index is 13.6. The number of hydrogen-bond acceptors (Lipinski definition) is 2. The second-order valence-electron chi connectivity index (χ2n) is 7.03. The third-order valence-electron chi connectivity index (χ3n) is 5.42. The predicted octanol–water partition coefficient (Wildman–Crippen LogP) is 3.72. The van der Waals surface area contributed by atoms with Gasteiger partial charge in [-0.3, -0.25) is 0 Å². The van der Waals surface area contributed by atoms with Crippen LogP contribution in [0.3, 0.4) is 0 Å². The van der Waals surface area contributed by atoms with E-state index in [0.717, 1.165) is 38.1 Å². The maximum atomic E-state index is 13.6. The fraction of sp³-hybridized carbons (Fsp3) is 0.667. The van der Waals surface area contributed by atoms with E-state index in [1.54, 1.807) is 6.07 Å². The van der Waals surface area contributed by atoms with Gasteiger partial charge in [0.25, 0.3) is 0 Å². The first-order valence-corrected chi connectivity index (χ1v) is 8.18. The Morgan fingerprint density at radius 3 is 2.95 bits per heavy atom. The molecule has 0 aromatic heterocycles. The van der Waals surface area contributed by atoms with Gasteiger partial charge in [0, 0.05) is 19.1 Å². The first-order valence-electron chi connectivity index (χ1n) is 8.18. The molecule has 1 aromatic carbocycles. The maximum Gasteiger partial charge on any atom is 0.123 e. The molecule has 2 fully saturated rings. The van der Waals surface area contributed by atoms with Gasteiger partial charge >= 0.3 is 0 Å². The lowest BCUT2D eigenvalue weighted by molar-refractivity contribution is -0.0862. The molecule has 1 aromatic rings. The van der Waals surface area contributed by atoms with E-state index < -0.39 is 0 Å². The summed E-state index contributed by atoms with van der Waals surface area (Å²) in [6.07, 6.45) is 3.71. The van der Waals surface area contributed by atoms with Gasteiger partial charge in [-0.2, -0.15) is 0 Å². The monoisotopic (exact) mass is 291 g/mol. The van der Waals surface area contributed by atoms with Crippen LogP contribution < -0.4 is 5.32 Å². The van der Waals surface area contributed by atoms with Gasteiger partial charge in [0.1, 0.15) is 5.82 Å². The highest BCUT2D eigenvalue weighted by Crippen LogP contribution is 2.50. The summed E-state index contributed by atoms with van der Waals surface area (Å²) in [5.41, 5.74) is 1.42. The molecule has 3 atom stereocenters. The van der Waals surface area contributed by atoms with Crippen LogP contribution in [0.1, 0.15) is 44.6 Å². The van der Waals surface area contributed by atoms with Gasteiger partial charge in [-0.1, -0.05) is 26.0 Å². The number of nitrogens with one attached hydrogen (secondary N) is 1. The average Bonchev–Trinajstić information content (AvgIpc) is 2.48. The normalized spacial score (nSPS) is 33.5. The number of hydrogen-bond donors (Lipinski definition) is 1. The Hall–Kier alpha value is -0.930. The summed E-state index contributed by atoms with van der Waals surface area (Å²) < 4.78 is 19.6. The van der Waals surface area contributed by atoms with Gasteiger partial charge in [0.05, 0.1) is 6.10 Å². The molecule has 2 aliphatic rings. The van der Waals surface area contributed by atoms with E-state index in [9.17, 15) is 4.39 Å². The zero-order chi connectivity index (χ0) is 14.9. The standard InChI is InChI=1S/C18H26FNO/c1-13(2)17-11-18(7-9-21-17)6-8-20-12-16(18)14-4-3-5-15(19)10-14/h3-5,10,13,16-17,20H,6-9,11-12H2,1-2H3. The molecule has 0 amide bonds. The van der Waals surface area contributed by atoms with Crippen molar-refractivity contribution in [3.8, 4) is 0 Å². The third-order valence-corrected chi connectivity index (χ3v) is 5.42. The van der Waals surface area contributed by atoms with Crippen LogP contribution in [0.5, 0.6) is 0 Å². The zero-order valence-corrected chi connectivity index (χ0v) is 13.1. The fourth-order valence-electron chi connectivity index (χ4n) is 4.12. The SMILES string of the molecule is CC(C)C1CC2(CCNCC2c2cccc(F)c2)CCO1. The Morgan fingerprint density at radius 1 is 1.33 bits per heavy atom. The minimum atomic E-state index is -0.124. The number of benzene rings is 1. The Kier molecular flexibility index (Phi) is 4.32. The molecule has 116 valence electrons. The molecule has 1 spiro atoms. The molecule has 1 N–H and O–H groups in total. The second kappa shape index (κ2) is 6.05. The van der Waals surface area contributed by atoms with Crippen molar-refractivity contribution >= 4 is 0 Å². The zero-order valence-electron chi connectivity index (χ0n) is 13.1. The van der Waals surface area contributed by atoms with Crippen molar-refractivity contribution in [1.29, 1.82) is 0 Å². The number of piperidine rings is 1. The smallest absolute Gasteiger partial charge is 0.123 e. The van der Waals surface area contributed by atoms with E-state index >= 15 is 0 Å². The predicted molar refractivity (Wildman–Crippen MR) is 82.9 cm³/mol. The molecule has 3 heteroatoms. The molecule has 0 saturated carbocycles. The molecule has 21 heavy (non-hydrogen) atoms. The first kappa shape index (κ1) is 15.0. The largest absolute Gasteiger partial charge is 0.378 e. The van der Waals surface area contributed by atoms with Gasteiger partial charge in [-0.25, -0.2) is 4.39 Å². The number of rotatable bonds is 2. The van der Waals surface area contributed by atoms with Crippen molar-refractivity contribution in [2.24, 2.45) is 11.3 Å². The molecular formula is C18H26FNO. The Morgan fingerprint density at radius 2 is 2.19 bits per heavy atom. The van der Waals surface area contributed by atoms with E-state index in [4.69, 9.17) is 4.74 Å². The van der Waals surface area contributed by atoms with Crippen LogP contribution in [-0.4, -0.2) is 25.8 Å². The highest BCUT2D eigenvalue weighted by molar-refractivity contribution is 5.25. The van der Waals surface area contributed by atoms with E-state index in [1.165, 1.54) is 12.5 Å². The quantitative estimate of drug-likeness (QED) is 0.896. The van der Waals surface area contributed by atoms with Gasteiger partial charge < -0.3 is 10.1 Å². The Balaban J connectivity index is 1.90. The molecule has 0 aliphatic carbocycles. The van der Waals surface area contributed by atoms with Crippen molar-refractivity contribution in [3.05, 3.63) is 35.6 Å². The molecule has 2 aliphatic heterocycles. The van der Waals surface area contributed by atoms with Crippen LogP contribution >= 0.6 is 0 Å². The summed E-state index contributed by atoms with van der Waals surface area (Å²) in [7, 11) is 0. The minimum absolute atomic E-state index is 0.124. The van der Waals surface area contributed by atoms with Crippen molar-refractivity contribution in [2.75, 3.05) is 19.7 Å². The third kappa shape index (κ3) is 3.00. The fourth-order valence-corrected chi connectivity index (χ4v) is 4.12. The van der Waals surface area contributed by atoms with Gasteiger partial charge in [0.15, 0.2) is 0 Å². The first-order chi connectivity index (χ1) is 10.1. The van der Waals surface area contributed by atoms with Crippen molar-refractivity contribution < 1.29 is 9.13 Å². The summed E-state index contributed by atoms with van der Waals surface area (Å²) in [5, 5.41) is 3.51. The molecule has 2 saturated heterocycles. The van der Waals surface area contributed by atoms with E-state index in [0.29, 0.717) is 17.9 Å². The van der Waals surface area contributed by atoms with Crippen LogP contribution in [0.4, 0.5) is 4.39 Å². The van der Waals surface area contributed by atoms with Gasteiger partial charge in [-0.05, 0) is 54.8 Å². The summed E-state index contributed by atoms with van der Waals surface area (Å²) in [6, 6.07) is 7.18. The van der Waals surface area contributed by atoms with E-state index in [2.05, 4.69) is 25.2 Å². The Bertz CT molecular complexity index is 486. The molecule has 2 heterocycles. The molecular weight excluding hydrogens is 265 g/mol. The van der Waals surface area contributed by atoms with Crippen LogP contribution in [0.15, 0.2) is 24.3 Å². The molecule has 0 radical (unpaired) electrons. The lowest BCUT2D eigenvalue weighted by Gasteiger charge is -2.50. The van der Waals surface area contributed by atoms with Gasteiger partial charge in [-0.15, -0.1) is 0 Å². The Labute approximate surface area is 127 Å². The lowest BCUT2D eigenvalue weighted by Crippen LogP contribution is -2.49. The van der Waals surface area contributed by atoms with Crippen molar-refractivity contribution in [1.82, 2.24) is 5.32 Å².